The fraction of sp³-hybridized carbons (Fsp3) is 0.562. The van der Waals surface area contributed by atoms with E-state index in [-0.39, 0.29) is 11.2 Å². The van der Waals surface area contributed by atoms with Crippen LogP contribution in [0.1, 0.15) is 44.5 Å². The van der Waals surface area contributed by atoms with Crippen LogP contribution in [-0.4, -0.2) is 20.0 Å². The maximum Gasteiger partial charge on any atom is 0.167 e. The summed E-state index contributed by atoms with van der Waals surface area (Å²) >= 11 is 0. The highest BCUT2D eigenvalue weighted by atomic mass is 16.5. The summed E-state index contributed by atoms with van der Waals surface area (Å²) in [5.41, 5.74) is 0.708. The van der Waals surface area contributed by atoms with Crippen molar-refractivity contribution < 1.29 is 14.3 Å². The van der Waals surface area contributed by atoms with Gasteiger partial charge in [0.25, 0.3) is 0 Å². The molecule has 0 bridgehead atoms. The second-order valence-corrected chi connectivity index (χ2v) is 5.96. The highest BCUT2D eigenvalue weighted by Gasteiger charge is 2.24. The molecule has 1 aromatic carbocycles. The Hall–Kier alpha value is -1.51. The molecule has 3 nitrogen and oxygen atoms in total. The van der Waals surface area contributed by atoms with Crippen molar-refractivity contribution in [1.82, 2.24) is 0 Å². The normalized spacial score (nSPS) is 12.9. The van der Waals surface area contributed by atoms with Gasteiger partial charge in [-0.3, -0.25) is 4.79 Å². The summed E-state index contributed by atoms with van der Waals surface area (Å²) < 4.78 is 10.4. The van der Waals surface area contributed by atoms with Gasteiger partial charge in [-0.2, -0.15) is 0 Å². The van der Waals surface area contributed by atoms with Gasteiger partial charge in [0.05, 0.1) is 19.8 Å². The predicted octanol–water partition coefficient (Wildman–Crippen LogP) is 3.96. The summed E-state index contributed by atoms with van der Waals surface area (Å²) in [6.45, 7) is 8.54. The average Bonchev–Trinajstić information content (AvgIpc) is 2.36. The van der Waals surface area contributed by atoms with Crippen LogP contribution in [0.15, 0.2) is 18.2 Å². The smallest absolute Gasteiger partial charge is 0.167 e. The first-order valence-corrected chi connectivity index (χ1v) is 6.54. The first-order valence-electron chi connectivity index (χ1n) is 6.54. The molecular weight excluding hydrogens is 240 g/mol. The van der Waals surface area contributed by atoms with Crippen molar-refractivity contribution in [3.63, 3.8) is 0 Å². The molecule has 0 fully saturated rings. The van der Waals surface area contributed by atoms with E-state index in [1.807, 2.05) is 0 Å². The molecule has 0 aliphatic carbocycles. The van der Waals surface area contributed by atoms with Gasteiger partial charge in [-0.25, -0.2) is 0 Å². The molecule has 1 unspecified atom stereocenters. The third kappa shape index (κ3) is 3.98. The van der Waals surface area contributed by atoms with Crippen LogP contribution < -0.4 is 9.47 Å². The molecule has 1 aromatic rings. The number of methoxy groups -OCH3 is 2. The summed E-state index contributed by atoms with van der Waals surface area (Å²) in [6, 6.07) is 5.31. The average molecular weight is 264 g/mol. The molecule has 0 aliphatic heterocycles. The van der Waals surface area contributed by atoms with Crippen LogP contribution in [0.4, 0.5) is 0 Å². The Morgan fingerprint density at radius 3 is 2.32 bits per heavy atom. The SMILES string of the molecule is COc1ccc(OC)c(C(=O)CC(C)C(C)(C)C)c1. The molecule has 1 rings (SSSR count). The van der Waals surface area contributed by atoms with E-state index < -0.39 is 0 Å². The van der Waals surface area contributed by atoms with Crippen molar-refractivity contribution in [1.29, 1.82) is 0 Å². The number of Topliss-reactive ketones (excluding diaryl/α,β-unsaturated/α-hetero) is 1. The first-order chi connectivity index (χ1) is 8.79. The predicted molar refractivity (Wildman–Crippen MR) is 77.1 cm³/mol. The van der Waals surface area contributed by atoms with Crippen molar-refractivity contribution in [3.05, 3.63) is 23.8 Å². The minimum Gasteiger partial charge on any atom is -0.497 e. The number of carbonyl (C=O) groups excluding carboxylic acids is 1. The number of hydrogen-bond acceptors (Lipinski definition) is 3. The fourth-order valence-electron chi connectivity index (χ4n) is 1.73. The Labute approximate surface area is 115 Å². The third-order valence-corrected chi connectivity index (χ3v) is 3.68. The van der Waals surface area contributed by atoms with Crippen LogP contribution in [0.5, 0.6) is 11.5 Å². The third-order valence-electron chi connectivity index (χ3n) is 3.68. The Balaban J connectivity index is 2.98. The lowest BCUT2D eigenvalue weighted by molar-refractivity contribution is 0.0924. The second-order valence-electron chi connectivity index (χ2n) is 5.96. The van der Waals surface area contributed by atoms with Gasteiger partial charge in [0.1, 0.15) is 11.5 Å². The summed E-state index contributed by atoms with van der Waals surface area (Å²) in [7, 11) is 3.17. The molecule has 3 heteroatoms. The van der Waals surface area contributed by atoms with Crippen molar-refractivity contribution in [3.8, 4) is 11.5 Å². The Kier molecular flexibility index (Phi) is 4.98. The quantitative estimate of drug-likeness (QED) is 0.755. The van der Waals surface area contributed by atoms with Crippen molar-refractivity contribution in [2.24, 2.45) is 11.3 Å². The highest BCUT2D eigenvalue weighted by molar-refractivity contribution is 5.99. The Morgan fingerprint density at radius 1 is 1.21 bits per heavy atom. The Bertz CT molecular complexity index is 444. The Morgan fingerprint density at radius 2 is 1.84 bits per heavy atom. The molecule has 19 heavy (non-hydrogen) atoms. The van der Waals surface area contributed by atoms with Crippen molar-refractivity contribution in [2.45, 2.75) is 34.1 Å². The van der Waals surface area contributed by atoms with E-state index in [9.17, 15) is 4.79 Å². The number of hydrogen-bond donors (Lipinski definition) is 0. The van der Waals surface area contributed by atoms with E-state index in [2.05, 4.69) is 27.7 Å². The molecule has 0 aliphatic rings. The zero-order valence-corrected chi connectivity index (χ0v) is 12.7. The molecule has 0 amide bonds. The van der Waals surface area contributed by atoms with Crippen LogP contribution in [0.2, 0.25) is 0 Å². The van der Waals surface area contributed by atoms with E-state index in [0.29, 0.717) is 29.4 Å². The van der Waals surface area contributed by atoms with E-state index >= 15 is 0 Å². The summed E-state index contributed by atoms with van der Waals surface area (Å²) in [6.07, 6.45) is 0.507. The molecule has 0 saturated heterocycles. The van der Waals surface area contributed by atoms with Gasteiger partial charge in [0, 0.05) is 6.42 Å². The van der Waals surface area contributed by atoms with Gasteiger partial charge in [-0.15, -0.1) is 0 Å². The van der Waals surface area contributed by atoms with Crippen LogP contribution in [-0.2, 0) is 0 Å². The topological polar surface area (TPSA) is 35.5 Å². The van der Waals surface area contributed by atoms with Crippen molar-refractivity contribution in [2.75, 3.05) is 14.2 Å². The van der Waals surface area contributed by atoms with Crippen LogP contribution >= 0.6 is 0 Å². The molecule has 0 aromatic heterocycles. The number of carbonyl (C=O) groups is 1. The molecule has 106 valence electrons. The lowest BCUT2D eigenvalue weighted by Crippen LogP contribution is -2.20. The molecule has 0 radical (unpaired) electrons. The standard InChI is InChI=1S/C16H24O3/c1-11(16(2,3)4)9-14(17)13-10-12(18-5)7-8-15(13)19-6/h7-8,10-11H,9H2,1-6H3. The van der Waals surface area contributed by atoms with Crippen LogP contribution in [0.3, 0.4) is 0 Å². The van der Waals surface area contributed by atoms with Gasteiger partial charge < -0.3 is 9.47 Å². The number of rotatable bonds is 5. The van der Waals surface area contributed by atoms with Gasteiger partial charge >= 0.3 is 0 Å². The maximum absolute atomic E-state index is 12.4. The fourth-order valence-corrected chi connectivity index (χ4v) is 1.73. The lowest BCUT2D eigenvalue weighted by atomic mass is 9.78. The van der Waals surface area contributed by atoms with E-state index in [0.717, 1.165) is 0 Å². The van der Waals surface area contributed by atoms with Gasteiger partial charge in [-0.1, -0.05) is 27.7 Å². The van der Waals surface area contributed by atoms with E-state index in [1.165, 1.54) is 0 Å². The maximum atomic E-state index is 12.4. The van der Waals surface area contributed by atoms with Gasteiger partial charge in [0.2, 0.25) is 0 Å². The minimum atomic E-state index is 0.0955. The number of ketones is 1. The molecule has 0 heterocycles. The first kappa shape index (κ1) is 15.5. The zero-order valence-electron chi connectivity index (χ0n) is 12.7. The molecule has 0 spiro atoms. The largest absolute Gasteiger partial charge is 0.497 e. The van der Waals surface area contributed by atoms with Crippen LogP contribution in [0.25, 0.3) is 0 Å². The molecule has 0 saturated carbocycles. The zero-order chi connectivity index (χ0) is 14.6. The molecule has 0 N–H and O–H groups in total. The second kappa shape index (κ2) is 6.09. The monoisotopic (exact) mass is 264 g/mol. The summed E-state index contributed by atoms with van der Waals surface area (Å²) in [4.78, 5) is 12.4. The van der Waals surface area contributed by atoms with E-state index in [1.54, 1.807) is 32.4 Å². The molecule has 1 atom stereocenters. The number of benzene rings is 1. The van der Waals surface area contributed by atoms with Gasteiger partial charge in [-0.05, 0) is 29.5 Å². The van der Waals surface area contributed by atoms with E-state index in [4.69, 9.17) is 9.47 Å². The summed E-state index contributed by atoms with van der Waals surface area (Å²) in [5.74, 6) is 1.67. The van der Waals surface area contributed by atoms with Gasteiger partial charge in [0.15, 0.2) is 5.78 Å². The van der Waals surface area contributed by atoms with Crippen molar-refractivity contribution >= 4 is 5.78 Å². The highest BCUT2D eigenvalue weighted by Crippen LogP contribution is 2.32. The van der Waals surface area contributed by atoms with Crippen LogP contribution in [0, 0.1) is 11.3 Å². The number of ether oxygens (including phenoxy) is 2. The minimum absolute atomic E-state index is 0.0955. The molecular formula is C16H24O3. The lowest BCUT2D eigenvalue weighted by Gasteiger charge is -2.26. The summed E-state index contributed by atoms with van der Waals surface area (Å²) in [5, 5.41) is 0.